The molecule has 0 bridgehead atoms. The van der Waals surface area contributed by atoms with E-state index in [1.807, 2.05) is 20.4 Å². The van der Waals surface area contributed by atoms with Crippen molar-refractivity contribution in [3.63, 3.8) is 0 Å². The molecule has 1 aliphatic carbocycles. The molecule has 2 aliphatic rings. The predicted octanol–water partition coefficient (Wildman–Crippen LogP) is 3.84. The zero-order chi connectivity index (χ0) is 18.4. The lowest BCUT2D eigenvalue weighted by molar-refractivity contribution is -0.143. The van der Waals surface area contributed by atoms with Gasteiger partial charge in [0.05, 0.1) is 0 Å². The summed E-state index contributed by atoms with van der Waals surface area (Å²) in [5.74, 6) is 0.121. The van der Waals surface area contributed by atoms with E-state index >= 15 is 0 Å². The first-order valence-electron chi connectivity index (χ1n) is 8.64. The van der Waals surface area contributed by atoms with Crippen LogP contribution in [-0.2, 0) is 9.59 Å². The predicted molar refractivity (Wildman–Crippen MR) is 101 cm³/mol. The number of hydrogen-bond acceptors (Lipinski definition) is 4. The minimum atomic E-state index is -0.127. The van der Waals surface area contributed by atoms with E-state index in [1.54, 1.807) is 21.8 Å². The van der Waals surface area contributed by atoms with E-state index in [-0.39, 0.29) is 23.0 Å². The number of carbonyl (C=O) groups is 2. The monoisotopic (exact) mass is 358 g/mol. The SMILES string of the molecule is CSc1ccc([C@H]2CC(=O)N(N(C)C)C3=C2C(=O)CC(C)(C)C3)cc1. The molecule has 1 atom stereocenters. The van der Waals surface area contributed by atoms with Crippen molar-refractivity contribution in [3.05, 3.63) is 41.1 Å². The van der Waals surface area contributed by atoms with Crippen LogP contribution >= 0.6 is 11.8 Å². The highest BCUT2D eigenvalue weighted by atomic mass is 32.2. The molecule has 4 nitrogen and oxygen atoms in total. The molecule has 25 heavy (non-hydrogen) atoms. The Balaban J connectivity index is 2.11. The summed E-state index contributed by atoms with van der Waals surface area (Å²) in [4.78, 5) is 27.0. The molecule has 0 unspecified atom stereocenters. The average molecular weight is 359 g/mol. The standard InChI is InChI=1S/C20H26N2O2S/c1-20(2)11-16-19(17(23)12-20)15(10-18(24)22(16)21(3)4)13-6-8-14(25-5)9-7-13/h6-9,15H,10-12H2,1-5H3/t15-/m1/s1. The van der Waals surface area contributed by atoms with Crippen LogP contribution in [0.2, 0.25) is 0 Å². The molecule has 0 spiro atoms. The van der Waals surface area contributed by atoms with E-state index in [4.69, 9.17) is 0 Å². The fourth-order valence-corrected chi connectivity index (χ4v) is 4.39. The van der Waals surface area contributed by atoms with E-state index < -0.39 is 0 Å². The van der Waals surface area contributed by atoms with Gasteiger partial charge >= 0.3 is 0 Å². The normalized spacial score (nSPS) is 23.3. The maximum atomic E-state index is 13.0. The first-order valence-corrected chi connectivity index (χ1v) is 9.86. The van der Waals surface area contributed by atoms with Gasteiger partial charge < -0.3 is 0 Å². The number of thioether (sulfide) groups is 1. The second-order valence-electron chi connectivity index (χ2n) is 7.88. The fourth-order valence-electron chi connectivity index (χ4n) is 3.99. The molecule has 0 fully saturated rings. The summed E-state index contributed by atoms with van der Waals surface area (Å²) in [5.41, 5.74) is 2.67. The van der Waals surface area contributed by atoms with Gasteiger partial charge in [0.15, 0.2) is 5.78 Å². The Hall–Kier alpha value is -1.59. The second kappa shape index (κ2) is 6.61. The summed E-state index contributed by atoms with van der Waals surface area (Å²) < 4.78 is 0. The Bertz CT molecular complexity index is 735. The molecule has 0 saturated heterocycles. The molecule has 1 aliphatic heterocycles. The zero-order valence-electron chi connectivity index (χ0n) is 15.6. The second-order valence-corrected chi connectivity index (χ2v) is 8.76. The third kappa shape index (κ3) is 3.40. The zero-order valence-corrected chi connectivity index (χ0v) is 16.4. The van der Waals surface area contributed by atoms with Crippen molar-refractivity contribution >= 4 is 23.5 Å². The van der Waals surface area contributed by atoms with Gasteiger partial charge in [-0.3, -0.25) is 9.59 Å². The van der Waals surface area contributed by atoms with Gasteiger partial charge in [0, 0.05) is 49.0 Å². The highest BCUT2D eigenvalue weighted by Gasteiger charge is 2.44. The van der Waals surface area contributed by atoms with Gasteiger partial charge in [-0.15, -0.1) is 11.8 Å². The van der Waals surface area contributed by atoms with Crippen LogP contribution in [0.4, 0.5) is 0 Å². The van der Waals surface area contributed by atoms with Crippen molar-refractivity contribution in [1.82, 2.24) is 10.0 Å². The first-order chi connectivity index (χ1) is 11.7. The largest absolute Gasteiger partial charge is 0.294 e. The Kier molecular flexibility index (Phi) is 4.82. The summed E-state index contributed by atoms with van der Waals surface area (Å²) in [7, 11) is 3.73. The number of ketones is 1. The molecule has 5 heteroatoms. The van der Waals surface area contributed by atoms with E-state index in [2.05, 4.69) is 38.1 Å². The minimum absolute atomic E-state index is 0.0631. The fraction of sp³-hybridized carbons (Fsp3) is 0.500. The maximum absolute atomic E-state index is 13.0. The van der Waals surface area contributed by atoms with Gasteiger partial charge in [-0.1, -0.05) is 26.0 Å². The number of hydrazine groups is 1. The molecular weight excluding hydrogens is 332 g/mol. The first kappa shape index (κ1) is 18.2. The van der Waals surface area contributed by atoms with Crippen LogP contribution in [0.25, 0.3) is 0 Å². The quantitative estimate of drug-likeness (QED) is 0.770. The van der Waals surface area contributed by atoms with Crippen molar-refractivity contribution in [2.24, 2.45) is 5.41 Å². The lowest BCUT2D eigenvalue weighted by Gasteiger charge is -2.44. The molecule has 1 amide bonds. The number of Topliss-reactive ketones (excluding diaryl/α,β-unsaturated/α-hetero) is 1. The summed E-state index contributed by atoms with van der Waals surface area (Å²) in [6.07, 6.45) is 3.68. The Morgan fingerprint density at radius 2 is 1.76 bits per heavy atom. The van der Waals surface area contributed by atoms with E-state index in [9.17, 15) is 9.59 Å². The van der Waals surface area contributed by atoms with Gasteiger partial charge in [-0.25, -0.2) is 10.0 Å². The van der Waals surface area contributed by atoms with Gasteiger partial charge in [0.2, 0.25) is 5.91 Å². The average Bonchev–Trinajstić information content (AvgIpc) is 2.52. The number of carbonyl (C=O) groups excluding carboxylic acids is 2. The van der Waals surface area contributed by atoms with Crippen molar-refractivity contribution < 1.29 is 9.59 Å². The summed E-state index contributed by atoms with van der Waals surface area (Å²) in [6.45, 7) is 4.20. The lowest BCUT2D eigenvalue weighted by atomic mass is 9.69. The van der Waals surface area contributed by atoms with Crippen LogP contribution in [0.15, 0.2) is 40.4 Å². The van der Waals surface area contributed by atoms with Crippen LogP contribution in [-0.4, -0.2) is 42.1 Å². The van der Waals surface area contributed by atoms with Crippen LogP contribution in [0.1, 0.15) is 44.6 Å². The minimum Gasteiger partial charge on any atom is -0.294 e. The molecule has 0 N–H and O–H groups in total. The van der Waals surface area contributed by atoms with Crippen LogP contribution in [0.3, 0.4) is 0 Å². The number of allylic oxidation sites excluding steroid dienone is 2. The summed E-state index contributed by atoms with van der Waals surface area (Å²) >= 11 is 1.69. The van der Waals surface area contributed by atoms with E-state index in [0.29, 0.717) is 12.8 Å². The third-order valence-electron chi connectivity index (χ3n) is 5.03. The van der Waals surface area contributed by atoms with Crippen molar-refractivity contribution in [3.8, 4) is 0 Å². The number of amides is 1. The Morgan fingerprint density at radius 1 is 1.12 bits per heavy atom. The highest BCUT2D eigenvalue weighted by Crippen LogP contribution is 2.47. The molecule has 1 aromatic rings. The topological polar surface area (TPSA) is 40.6 Å². The van der Waals surface area contributed by atoms with Crippen LogP contribution in [0.5, 0.6) is 0 Å². The number of rotatable bonds is 3. The molecule has 3 rings (SSSR count). The van der Waals surface area contributed by atoms with Crippen molar-refractivity contribution in [2.45, 2.75) is 43.9 Å². The van der Waals surface area contributed by atoms with Gasteiger partial charge in [-0.05, 0) is 35.8 Å². The third-order valence-corrected chi connectivity index (χ3v) is 5.78. The summed E-state index contributed by atoms with van der Waals surface area (Å²) in [6, 6.07) is 8.26. The molecule has 0 aromatic heterocycles. The van der Waals surface area contributed by atoms with Gasteiger partial charge in [-0.2, -0.15) is 0 Å². The smallest absolute Gasteiger partial charge is 0.242 e. The molecule has 0 radical (unpaired) electrons. The van der Waals surface area contributed by atoms with Crippen LogP contribution < -0.4 is 0 Å². The maximum Gasteiger partial charge on any atom is 0.242 e. The molecule has 1 aromatic carbocycles. The van der Waals surface area contributed by atoms with E-state index in [1.165, 1.54) is 4.90 Å². The molecule has 1 heterocycles. The van der Waals surface area contributed by atoms with Crippen molar-refractivity contribution in [2.75, 3.05) is 20.4 Å². The molecular formula is C20H26N2O2S. The molecule has 0 saturated carbocycles. The lowest BCUT2D eigenvalue weighted by Crippen LogP contribution is -2.49. The number of hydrogen-bond donors (Lipinski definition) is 0. The summed E-state index contributed by atoms with van der Waals surface area (Å²) in [5, 5.41) is 3.51. The van der Waals surface area contributed by atoms with E-state index in [0.717, 1.165) is 23.3 Å². The number of nitrogens with zero attached hydrogens (tertiary/aromatic N) is 2. The van der Waals surface area contributed by atoms with Gasteiger partial charge in [0.25, 0.3) is 0 Å². The van der Waals surface area contributed by atoms with Crippen molar-refractivity contribution in [1.29, 1.82) is 0 Å². The Morgan fingerprint density at radius 3 is 2.32 bits per heavy atom. The Labute approximate surface area is 154 Å². The highest BCUT2D eigenvalue weighted by molar-refractivity contribution is 7.98. The molecule has 134 valence electrons. The number of benzene rings is 1. The van der Waals surface area contributed by atoms with Gasteiger partial charge in [0.1, 0.15) is 0 Å². The van der Waals surface area contributed by atoms with Crippen LogP contribution in [0, 0.1) is 5.41 Å².